The first kappa shape index (κ1) is 16.7. The highest BCUT2D eigenvalue weighted by molar-refractivity contribution is 7.71. The highest BCUT2D eigenvalue weighted by atomic mass is 32.1. The average Bonchev–Trinajstić information content (AvgIpc) is 2.98. The number of aromatic nitrogens is 3. The molecule has 0 amide bonds. The molecule has 136 valence electrons. The molecule has 1 aliphatic rings. The standard InChI is InChI=1S/C22H17N5S/c1-23-18-19-21(22(28)25-14-24-19)27-12-11-26(13-15-7-3-2-4-8-15)17-10-6-5-9-16(17)20(18)27/h2-10,14H,11-13H2,(H,24,25,28). The Morgan fingerprint density at radius 1 is 1.07 bits per heavy atom. The maximum atomic E-state index is 7.82. The predicted molar refractivity (Wildman–Crippen MR) is 114 cm³/mol. The Hall–Kier alpha value is -3.43. The number of hydrogen-bond acceptors (Lipinski definition) is 3. The molecule has 1 N–H and O–H groups in total. The molecular formula is C22H17N5S. The summed E-state index contributed by atoms with van der Waals surface area (Å²) >= 11 is 5.51. The summed E-state index contributed by atoms with van der Waals surface area (Å²) in [6.07, 6.45) is 1.58. The molecular weight excluding hydrogens is 366 g/mol. The summed E-state index contributed by atoms with van der Waals surface area (Å²) in [6.45, 7) is 10.2. The Bertz CT molecular complexity index is 1280. The Kier molecular flexibility index (Phi) is 3.96. The normalized spacial score (nSPS) is 12.9. The van der Waals surface area contributed by atoms with Gasteiger partial charge in [0.05, 0.1) is 29.6 Å². The van der Waals surface area contributed by atoms with E-state index < -0.39 is 0 Å². The summed E-state index contributed by atoms with van der Waals surface area (Å²) in [5.41, 5.74) is 6.60. The fraction of sp³-hybridized carbons (Fsp3) is 0.136. The number of aromatic amines is 1. The number of para-hydroxylation sites is 1. The third-order valence-electron chi connectivity index (χ3n) is 5.25. The van der Waals surface area contributed by atoms with Crippen LogP contribution in [0.3, 0.4) is 0 Å². The average molecular weight is 383 g/mol. The van der Waals surface area contributed by atoms with Gasteiger partial charge in [0, 0.05) is 30.9 Å². The minimum absolute atomic E-state index is 0.527. The van der Waals surface area contributed by atoms with Gasteiger partial charge in [0.25, 0.3) is 0 Å². The molecule has 2 aromatic carbocycles. The van der Waals surface area contributed by atoms with Crippen LogP contribution in [-0.4, -0.2) is 21.1 Å². The topological polar surface area (TPSA) is 41.2 Å². The monoisotopic (exact) mass is 383 g/mol. The van der Waals surface area contributed by atoms with Crippen molar-refractivity contribution >= 4 is 34.6 Å². The fourth-order valence-electron chi connectivity index (χ4n) is 4.05. The molecule has 28 heavy (non-hydrogen) atoms. The molecule has 6 heteroatoms. The van der Waals surface area contributed by atoms with Crippen LogP contribution < -0.4 is 4.90 Å². The molecule has 4 aromatic rings. The summed E-state index contributed by atoms with van der Waals surface area (Å²) in [5.74, 6) is 0. The van der Waals surface area contributed by atoms with Gasteiger partial charge in [-0.1, -0.05) is 60.7 Å². The Labute approximate surface area is 167 Å². The number of H-pyrrole nitrogens is 1. The summed E-state index contributed by atoms with van der Waals surface area (Å²) in [4.78, 5) is 13.6. The Morgan fingerprint density at radius 3 is 2.68 bits per heavy atom. The minimum atomic E-state index is 0.527. The van der Waals surface area contributed by atoms with Crippen molar-refractivity contribution in [1.29, 1.82) is 0 Å². The number of hydrogen-bond donors (Lipinski definition) is 1. The summed E-state index contributed by atoms with van der Waals surface area (Å²) in [5, 5.41) is 0. The van der Waals surface area contributed by atoms with E-state index in [1.807, 2.05) is 12.1 Å². The molecule has 0 atom stereocenters. The minimum Gasteiger partial charge on any atom is -0.365 e. The van der Waals surface area contributed by atoms with E-state index >= 15 is 0 Å². The van der Waals surface area contributed by atoms with Crippen LogP contribution in [0.25, 0.3) is 27.1 Å². The van der Waals surface area contributed by atoms with Gasteiger partial charge in [0.15, 0.2) is 4.64 Å². The molecule has 1 aliphatic heterocycles. The van der Waals surface area contributed by atoms with Gasteiger partial charge in [-0.05, 0) is 11.6 Å². The third kappa shape index (κ3) is 2.52. The van der Waals surface area contributed by atoms with Crippen LogP contribution in [0.5, 0.6) is 0 Å². The van der Waals surface area contributed by atoms with Crippen LogP contribution in [0, 0.1) is 11.2 Å². The second-order valence-corrected chi connectivity index (χ2v) is 7.20. The number of rotatable bonds is 2. The van der Waals surface area contributed by atoms with Gasteiger partial charge in [0.1, 0.15) is 0 Å². The molecule has 0 aliphatic carbocycles. The van der Waals surface area contributed by atoms with Gasteiger partial charge in [-0.3, -0.25) is 0 Å². The van der Waals surface area contributed by atoms with Gasteiger partial charge in [-0.25, -0.2) is 9.83 Å². The van der Waals surface area contributed by atoms with Crippen molar-refractivity contribution in [2.75, 3.05) is 11.4 Å². The van der Waals surface area contributed by atoms with Crippen LogP contribution in [0.15, 0.2) is 60.9 Å². The maximum absolute atomic E-state index is 7.82. The van der Waals surface area contributed by atoms with Gasteiger partial charge in [-0.15, -0.1) is 0 Å². The van der Waals surface area contributed by atoms with Crippen molar-refractivity contribution < 1.29 is 0 Å². The number of benzene rings is 2. The molecule has 3 heterocycles. The Balaban J connectivity index is 1.75. The van der Waals surface area contributed by atoms with E-state index in [0.29, 0.717) is 10.3 Å². The second-order valence-electron chi connectivity index (χ2n) is 6.82. The maximum Gasteiger partial charge on any atom is 0.235 e. The molecule has 2 aromatic heterocycles. The number of anilines is 1. The lowest BCUT2D eigenvalue weighted by Gasteiger charge is -2.25. The van der Waals surface area contributed by atoms with E-state index in [1.165, 1.54) is 5.56 Å². The largest absolute Gasteiger partial charge is 0.365 e. The summed E-state index contributed by atoms with van der Waals surface area (Å²) in [6, 6.07) is 18.8. The lowest BCUT2D eigenvalue weighted by atomic mass is 10.1. The van der Waals surface area contributed by atoms with Crippen LogP contribution in [0.1, 0.15) is 5.56 Å². The molecule has 0 saturated carbocycles. The first-order valence-corrected chi connectivity index (χ1v) is 9.54. The summed E-state index contributed by atoms with van der Waals surface area (Å²) in [7, 11) is 0. The molecule has 0 unspecified atom stereocenters. The summed E-state index contributed by atoms with van der Waals surface area (Å²) < 4.78 is 2.69. The first-order chi connectivity index (χ1) is 13.8. The highest BCUT2D eigenvalue weighted by Gasteiger charge is 2.26. The number of nitrogens with zero attached hydrogens (tertiary/aromatic N) is 4. The Morgan fingerprint density at radius 2 is 1.86 bits per heavy atom. The zero-order valence-corrected chi connectivity index (χ0v) is 15.9. The molecule has 0 radical (unpaired) electrons. The van der Waals surface area contributed by atoms with Gasteiger partial charge in [0.2, 0.25) is 5.69 Å². The van der Waals surface area contributed by atoms with Crippen LogP contribution in [0.2, 0.25) is 0 Å². The van der Waals surface area contributed by atoms with E-state index in [-0.39, 0.29) is 0 Å². The van der Waals surface area contributed by atoms with E-state index in [4.69, 9.17) is 18.8 Å². The number of fused-ring (bicyclic) bond motifs is 5. The van der Waals surface area contributed by atoms with Crippen molar-refractivity contribution in [3.63, 3.8) is 0 Å². The van der Waals surface area contributed by atoms with Gasteiger partial charge < -0.3 is 14.5 Å². The molecule has 5 nitrogen and oxygen atoms in total. The van der Waals surface area contributed by atoms with Crippen LogP contribution in [0.4, 0.5) is 11.4 Å². The van der Waals surface area contributed by atoms with Gasteiger partial charge in [-0.2, -0.15) is 0 Å². The number of nitrogens with one attached hydrogen (secondary N) is 1. The smallest absolute Gasteiger partial charge is 0.235 e. The van der Waals surface area contributed by atoms with E-state index in [0.717, 1.165) is 47.6 Å². The van der Waals surface area contributed by atoms with Crippen molar-refractivity contribution in [1.82, 2.24) is 14.5 Å². The van der Waals surface area contributed by atoms with Crippen molar-refractivity contribution in [3.8, 4) is 11.3 Å². The molecule has 0 bridgehead atoms. The molecule has 0 spiro atoms. The van der Waals surface area contributed by atoms with Gasteiger partial charge >= 0.3 is 0 Å². The van der Waals surface area contributed by atoms with E-state index in [1.54, 1.807) is 6.33 Å². The van der Waals surface area contributed by atoms with Crippen LogP contribution >= 0.6 is 12.2 Å². The molecule has 0 fully saturated rings. The third-order valence-corrected chi connectivity index (χ3v) is 5.55. The zero-order chi connectivity index (χ0) is 19.1. The van der Waals surface area contributed by atoms with E-state index in [2.05, 4.69) is 66.7 Å². The lowest BCUT2D eigenvalue weighted by molar-refractivity contribution is 0.687. The van der Waals surface area contributed by atoms with E-state index in [9.17, 15) is 0 Å². The highest BCUT2D eigenvalue weighted by Crippen LogP contribution is 2.44. The van der Waals surface area contributed by atoms with Crippen molar-refractivity contribution in [2.45, 2.75) is 13.1 Å². The van der Waals surface area contributed by atoms with Crippen molar-refractivity contribution in [3.05, 3.63) is 82.5 Å². The molecule has 5 rings (SSSR count). The quantitative estimate of drug-likeness (QED) is 0.376. The fourth-order valence-corrected chi connectivity index (χ4v) is 4.31. The predicted octanol–water partition coefficient (Wildman–Crippen LogP) is 5.33. The van der Waals surface area contributed by atoms with Crippen molar-refractivity contribution in [2.24, 2.45) is 0 Å². The van der Waals surface area contributed by atoms with Crippen LogP contribution in [-0.2, 0) is 13.1 Å². The zero-order valence-electron chi connectivity index (χ0n) is 15.1. The SMILES string of the molecule is [C-]#[N+]c1c2n(c3c(=S)nc[nH]c13)CCN(Cc1ccccc1)c1ccccc1-2. The molecule has 0 saturated heterocycles. The second kappa shape index (κ2) is 6.63. The first-order valence-electron chi connectivity index (χ1n) is 9.13. The lowest BCUT2D eigenvalue weighted by Crippen LogP contribution is -2.25.